The van der Waals surface area contributed by atoms with Crippen LogP contribution in [0.15, 0.2) is 30.3 Å². The Labute approximate surface area is 123 Å². The molecular formula is C16H20O5. The molecule has 1 heterocycles. The van der Waals surface area contributed by atoms with Gasteiger partial charge in [-0.3, -0.25) is 0 Å². The molecule has 114 valence electrons. The number of fused-ring (bicyclic) bond motifs is 1. The Morgan fingerprint density at radius 2 is 2.05 bits per heavy atom. The third-order valence-electron chi connectivity index (χ3n) is 4.01. The van der Waals surface area contributed by atoms with Gasteiger partial charge in [-0.15, -0.1) is 0 Å². The number of carbonyl (C=O) groups is 1. The molecule has 0 unspecified atom stereocenters. The summed E-state index contributed by atoms with van der Waals surface area (Å²) in [6.45, 7) is 3.85. The van der Waals surface area contributed by atoms with Crippen molar-refractivity contribution < 1.29 is 24.1 Å². The van der Waals surface area contributed by atoms with Crippen molar-refractivity contribution in [2.24, 2.45) is 5.92 Å². The molecule has 21 heavy (non-hydrogen) atoms. The lowest BCUT2D eigenvalue weighted by Crippen LogP contribution is -2.33. The number of rotatable bonds is 3. The molecule has 3 rings (SSSR count). The van der Waals surface area contributed by atoms with Gasteiger partial charge >= 0.3 is 5.97 Å². The average Bonchev–Trinajstić information content (AvgIpc) is 2.91. The van der Waals surface area contributed by atoms with E-state index in [9.17, 15) is 9.90 Å². The van der Waals surface area contributed by atoms with E-state index >= 15 is 0 Å². The Bertz CT molecular complexity index is 513. The minimum absolute atomic E-state index is 0.129. The Balaban J connectivity index is 1.55. The topological polar surface area (TPSA) is 65.0 Å². The highest BCUT2D eigenvalue weighted by Gasteiger charge is 2.53. The minimum atomic E-state index is -0.666. The second-order valence-electron chi connectivity index (χ2n) is 6.09. The van der Waals surface area contributed by atoms with Gasteiger partial charge in [0.25, 0.3) is 0 Å². The number of carbonyl (C=O) groups excluding carboxylic acids is 1. The minimum Gasteiger partial charge on any atom is -0.462 e. The molecule has 1 N–H and O–H groups in total. The molecule has 1 saturated heterocycles. The van der Waals surface area contributed by atoms with Crippen LogP contribution in [0.5, 0.6) is 0 Å². The van der Waals surface area contributed by atoms with Gasteiger partial charge in [0.15, 0.2) is 5.79 Å². The van der Waals surface area contributed by atoms with E-state index in [1.807, 2.05) is 19.9 Å². The van der Waals surface area contributed by atoms with Crippen molar-refractivity contribution >= 4 is 5.97 Å². The van der Waals surface area contributed by atoms with Crippen molar-refractivity contribution in [2.45, 2.75) is 44.4 Å². The highest BCUT2D eigenvalue weighted by atomic mass is 16.8. The molecule has 0 spiro atoms. The van der Waals surface area contributed by atoms with Crippen LogP contribution in [0.1, 0.15) is 30.6 Å². The number of benzene rings is 1. The lowest BCUT2D eigenvalue weighted by molar-refractivity contribution is -0.168. The number of hydrogen-bond acceptors (Lipinski definition) is 5. The van der Waals surface area contributed by atoms with Crippen LogP contribution < -0.4 is 0 Å². The summed E-state index contributed by atoms with van der Waals surface area (Å²) in [5, 5.41) is 10.3. The molecule has 1 aliphatic heterocycles. The predicted octanol–water partition coefficient (Wildman–Crippen LogP) is 1.74. The summed E-state index contributed by atoms with van der Waals surface area (Å²) < 4.78 is 16.7. The first-order chi connectivity index (χ1) is 9.96. The van der Waals surface area contributed by atoms with Crippen LogP contribution in [0.3, 0.4) is 0 Å². The summed E-state index contributed by atoms with van der Waals surface area (Å²) in [5.74, 6) is -1.17. The molecule has 2 fully saturated rings. The predicted molar refractivity (Wildman–Crippen MR) is 74.7 cm³/mol. The van der Waals surface area contributed by atoms with Gasteiger partial charge < -0.3 is 19.3 Å². The van der Waals surface area contributed by atoms with E-state index in [4.69, 9.17) is 14.2 Å². The zero-order valence-corrected chi connectivity index (χ0v) is 12.2. The highest BCUT2D eigenvalue weighted by Crippen LogP contribution is 2.41. The quantitative estimate of drug-likeness (QED) is 0.860. The molecule has 0 amide bonds. The standard InChI is InChI=1S/C16H20O5/c1-16(2)20-12-8-11(13(17)14(12)21-16)9-19-15(18)10-6-4-3-5-7-10/h3-7,11-14,17H,8-9H2,1-2H3/t11-,12+,13-,14+/m1/s1. The van der Waals surface area contributed by atoms with Crippen LogP contribution in [-0.2, 0) is 14.2 Å². The van der Waals surface area contributed by atoms with Crippen LogP contribution in [0.25, 0.3) is 0 Å². The van der Waals surface area contributed by atoms with Crippen molar-refractivity contribution in [3.05, 3.63) is 35.9 Å². The summed E-state index contributed by atoms with van der Waals surface area (Å²) in [7, 11) is 0. The molecule has 1 aromatic rings. The molecule has 0 bridgehead atoms. The number of hydrogen-bond donors (Lipinski definition) is 1. The van der Waals surface area contributed by atoms with E-state index in [1.54, 1.807) is 24.3 Å². The summed E-state index contributed by atoms with van der Waals surface area (Å²) >= 11 is 0. The SMILES string of the molecule is CC1(C)O[C@@H]2[C@H](O)[C@@H](COC(=O)c3ccccc3)C[C@@H]2O1. The third kappa shape index (κ3) is 2.95. The van der Waals surface area contributed by atoms with Gasteiger partial charge in [-0.1, -0.05) is 18.2 Å². The normalized spacial score (nSPS) is 33.7. The molecule has 5 heteroatoms. The first-order valence-electron chi connectivity index (χ1n) is 7.22. The molecule has 1 aliphatic carbocycles. The summed E-state index contributed by atoms with van der Waals surface area (Å²) in [6, 6.07) is 8.83. The summed E-state index contributed by atoms with van der Waals surface area (Å²) in [4.78, 5) is 11.9. The van der Waals surface area contributed by atoms with Crippen LogP contribution in [0.4, 0.5) is 0 Å². The van der Waals surface area contributed by atoms with Gasteiger partial charge in [-0.05, 0) is 32.4 Å². The maximum atomic E-state index is 11.9. The Morgan fingerprint density at radius 3 is 2.71 bits per heavy atom. The first-order valence-corrected chi connectivity index (χ1v) is 7.22. The zero-order valence-electron chi connectivity index (χ0n) is 12.2. The van der Waals surface area contributed by atoms with Crippen molar-refractivity contribution in [2.75, 3.05) is 6.61 Å². The Morgan fingerprint density at radius 1 is 1.33 bits per heavy atom. The molecule has 0 aromatic heterocycles. The van der Waals surface area contributed by atoms with E-state index in [2.05, 4.69) is 0 Å². The van der Waals surface area contributed by atoms with E-state index in [-0.39, 0.29) is 30.7 Å². The zero-order chi connectivity index (χ0) is 15.0. The van der Waals surface area contributed by atoms with E-state index < -0.39 is 11.9 Å². The second kappa shape index (κ2) is 5.40. The van der Waals surface area contributed by atoms with Crippen LogP contribution in [0, 0.1) is 5.92 Å². The molecule has 0 radical (unpaired) electrons. The monoisotopic (exact) mass is 292 g/mol. The maximum Gasteiger partial charge on any atom is 0.338 e. The van der Waals surface area contributed by atoms with Crippen molar-refractivity contribution in [1.82, 2.24) is 0 Å². The number of aliphatic hydroxyl groups excluding tert-OH is 1. The third-order valence-corrected chi connectivity index (χ3v) is 4.01. The van der Waals surface area contributed by atoms with E-state index in [1.165, 1.54) is 0 Å². The lowest BCUT2D eigenvalue weighted by Gasteiger charge is -2.23. The molecule has 2 aliphatic rings. The molecular weight excluding hydrogens is 272 g/mol. The van der Waals surface area contributed by atoms with Crippen LogP contribution >= 0.6 is 0 Å². The number of aliphatic hydroxyl groups is 1. The van der Waals surface area contributed by atoms with Gasteiger partial charge in [0.1, 0.15) is 6.10 Å². The lowest BCUT2D eigenvalue weighted by atomic mass is 10.1. The number of ether oxygens (including phenoxy) is 3. The van der Waals surface area contributed by atoms with E-state index in [0.29, 0.717) is 12.0 Å². The van der Waals surface area contributed by atoms with Crippen LogP contribution in [-0.4, -0.2) is 41.8 Å². The molecule has 5 nitrogen and oxygen atoms in total. The maximum absolute atomic E-state index is 11.9. The van der Waals surface area contributed by atoms with Crippen molar-refractivity contribution in [1.29, 1.82) is 0 Å². The second-order valence-corrected chi connectivity index (χ2v) is 6.09. The summed E-state index contributed by atoms with van der Waals surface area (Å²) in [5.41, 5.74) is 0.513. The Kier molecular flexibility index (Phi) is 3.73. The van der Waals surface area contributed by atoms with Gasteiger partial charge in [-0.25, -0.2) is 4.79 Å². The van der Waals surface area contributed by atoms with Gasteiger partial charge in [-0.2, -0.15) is 0 Å². The number of esters is 1. The van der Waals surface area contributed by atoms with Gasteiger partial charge in [0, 0.05) is 5.92 Å². The fourth-order valence-corrected chi connectivity index (χ4v) is 3.05. The van der Waals surface area contributed by atoms with Gasteiger partial charge in [0.2, 0.25) is 0 Å². The van der Waals surface area contributed by atoms with E-state index in [0.717, 1.165) is 0 Å². The largest absolute Gasteiger partial charge is 0.462 e. The summed E-state index contributed by atoms with van der Waals surface area (Å²) in [6.07, 6.45) is -0.492. The fraction of sp³-hybridized carbons (Fsp3) is 0.562. The first kappa shape index (κ1) is 14.5. The van der Waals surface area contributed by atoms with Crippen LogP contribution in [0.2, 0.25) is 0 Å². The molecule has 1 aromatic carbocycles. The fourth-order valence-electron chi connectivity index (χ4n) is 3.05. The molecule has 1 saturated carbocycles. The Hall–Kier alpha value is -1.43. The average molecular weight is 292 g/mol. The highest BCUT2D eigenvalue weighted by molar-refractivity contribution is 5.89. The van der Waals surface area contributed by atoms with Crippen molar-refractivity contribution in [3.63, 3.8) is 0 Å². The van der Waals surface area contributed by atoms with Gasteiger partial charge in [0.05, 0.1) is 24.4 Å². The molecule has 4 atom stereocenters. The smallest absolute Gasteiger partial charge is 0.338 e. The van der Waals surface area contributed by atoms with Crippen molar-refractivity contribution in [3.8, 4) is 0 Å².